The second-order valence-corrected chi connectivity index (χ2v) is 11.2. The van der Waals surface area contributed by atoms with Gasteiger partial charge >= 0.3 is 0 Å². The lowest BCUT2D eigenvalue weighted by Crippen LogP contribution is -2.21. The number of carbonyl (C=O) groups excluding carboxylic acids is 2. The Kier molecular flexibility index (Phi) is 7.07. The summed E-state index contributed by atoms with van der Waals surface area (Å²) >= 11 is 0. The van der Waals surface area contributed by atoms with Crippen LogP contribution >= 0.6 is 0 Å². The predicted molar refractivity (Wildman–Crippen MR) is 133 cm³/mol. The molecule has 0 aliphatic heterocycles. The highest BCUT2D eigenvalue weighted by Crippen LogP contribution is 2.37. The van der Waals surface area contributed by atoms with Crippen molar-refractivity contribution in [2.24, 2.45) is 0 Å². The highest BCUT2D eigenvalue weighted by atomic mass is 16.5. The van der Waals surface area contributed by atoms with E-state index in [1.807, 2.05) is 12.1 Å². The van der Waals surface area contributed by atoms with Crippen molar-refractivity contribution in [1.82, 2.24) is 0 Å². The summed E-state index contributed by atoms with van der Waals surface area (Å²) in [6.07, 6.45) is 4.63. The van der Waals surface area contributed by atoms with E-state index in [-0.39, 0.29) is 10.8 Å². The molecule has 0 fully saturated rings. The molecule has 0 unspecified atom stereocenters. The first kappa shape index (κ1) is 25.0. The SMILES string of the molecule is COc1c2cc(C(C)(C)C)cc1C(=O)C(=O)c1cc(C(C)(C)C)cc(c1OC)CCCCC2. The molecule has 4 bridgehead atoms. The van der Waals surface area contributed by atoms with Gasteiger partial charge in [0.05, 0.1) is 25.3 Å². The molecule has 1 aliphatic rings. The van der Waals surface area contributed by atoms with E-state index in [0.717, 1.165) is 54.4 Å². The molecule has 0 saturated heterocycles. The molecule has 0 saturated carbocycles. The lowest BCUT2D eigenvalue weighted by molar-refractivity contribution is 0.0813. The highest BCUT2D eigenvalue weighted by molar-refractivity contribution is 6.50. The summed E-state index contributed by atoms with van der Waals surface area (Å²) in [5.74, 6) is -0.0546. The van der Waals surface area contributed by atoms with Crippen LogP contribution in [0.5, 0.6) is 11.5 Å². The van der Waals surface area contributed by atoms with E-state index in [4.69, 9.17) is 9.47 Å². The molecular weight excluding hydrogens is 412 g/mol. The number of benzene rings is 2. The number of Topliss-reactive ketones (excluding diaryl/α,β-unsaturated/α-hetero) is 2. The van der Waals surface area contributed by atoms with Crippen LogP contribution in [0.25, 0.3) is 0 Å². The number of hydrogen-bond donors (Lipinski definition) is 0. The number of ether oxygens (including phenoxy) is 2. The van der Waals surface area contributed by atoms with E-state index in [2.05, 4.69) is 53.7 Å². The summed E-state index contributed by atoms with van der Waals surface area (Å²) in [7, 11) is 3.15. The lowest BCUT2D eigenvalue weighted by atomic mass is 9.82. The van der Waals surface area contributed by atoms with E-state index in [9.17, 15) is 9.59 Å². The van der Waals surface area contributed by atoms with Gasteiger partial charge in [0.2, 0.25) is 11.6 Å². The van der Waals surface area contributed by atoms with Crippen LogP contribution < -0.4 is 9.47 Å². The number of carbonyl (C=O) groups is 2. The molecule has 0 heterocycles. The number of hydrogen-bond acceptors (Lipinski definition) is 4. The highest BCUT2D eigenvalue weighted by Gasteiger charge is 2.31. The van der Waals surface area contributed by atoms with Gasteiger partial charge in [-0.3, -0.25) is 9.59 Å². The Morgan fingerprint density at radius 3 is 1.27 bits per heavy atom. The number of rotatable bonds is 2. The zero-order valence-corrected chi connectivity index (χ0v) is 21.5. The summed E-state index contributed by atoms with van der Waals surface area (Å²) in [5, 5.41) is 0. The average molecular weight is 451 g/mol. The number of ketones is 2. The van der Waals surface area contributed by atoms with Crippen LogP contribution in [0.3, 0.4) is 0 Å². The molecule has 0 N–H and O–H groups in total. The lowest BCUT2D eigenvalue weighted by Gasteiger charge is -2.24. The smallest absolute Gasteiger partial charge is 0.237 e. The molecule has 0 spiro atoms. The third-order valence-corrected chi connectivity index (χ3v) is 6.56. The van der Waals surface area contributed by atoms with Crippen molar-refractivity contribution >= 4 is 11.6 Å². The van der Waals surface area contributed by atoms with Gasteiger partial charge in [0.1, 0.15) is 11.5 Å². The Labute approximate surface area is 198 Å². The molecular formula is C29H38O4. The average Bonchev–Trinajstić information content (AvgIpc) is 2.74. The minimum absolute atomic E-state index is 0.163. The van der Waals surface area contributed by atoms with Crippen LogP contribution in [0, 0.1) is 0 Å². The topological polar surface area (TPSA) is 52.6 Å². The molecule has 2 aromatic carbocycles. The van der Waals surface area contributed by atoms with Crippen LogP contribution in [0.15, 0.2) is 24.3 Å². The zero-order chi connectivity index (χ0) is 24.6. The molecule has 0 radical (unpaired) electrons. The van der Waals surface area contributed by atoms with E-state index in [0.29, 0.717) is 22.6 Å². The van der Waals surface area contributed by atoms with Crippen LogP contribution in [-0.2, 0) is 23.7 Å². The summed E-state index contributed by atoms with van der Waals surface area (Å²) in [5.41, 5.74) is 4.40. The van der Waals surface area contributed by atoms with E-state index in [1.165, 1.54) is 0 Å². The standard InChI is InChI=1S/C29H38O4/c1-28(2,3)20-14-18-12-10-9-11-13-19-15-21(29(4,5)6)17-23(27(19)33-8)25(31)24(30)22(16-20)26(18)32-7/h14-17H,9-13H2,1-8H3. The number of fused-ring (bicyclic) bond motifs is 4. The van der Waals surface area contributed by atoms with Crippen molar-refractivity contribution in [3.63, 3.8) is 0 Å². The van der Waals surface area contributed by atoms with Crippen molar-refractivity contribution in [3.05, 3.63) is 57.6 Å². The van der Waals surface area contributed by atoms with Crippen molar-refractivity contribution < 1.29 is 19.1 Å². The Morgan fingerprint density at radius 1 is 0.606 bits per heavy atom. The Bertz CT molecular complexity index is 979. The van der Waals surface area contributed by atoms with Gasteiger partial charge in [-0.2, -0.15) is 0 Å². The van der Waals surface area contributed by atoms with Gasteiger partial charge in [-0.05, 0) is 70.9 Å². The van der Waals surface area contributed by atoms with E-state index < -0.39 is 11.6 Å². The monoisotopic (exact) mass is 450 g/mol. The van der Waals surface area contributed by atoms with Crippen LogP contribution in [0.1, 0.15) is 104 Å². The molecule has 3 rings (SSSR count). The molecule has 4 nitrogen and oxygen atoms in total. The minimum atomic E-state index is -0.547. The van der Waals surface area contributed by atoms with Crippen molar-refractivity contribution in [2.75, 3.05) is 14.2 Å². The van der Waals surface area contributed by atoms with Crippen LogP contribution in [-0.4, -0.2) is 25.8 Å². The van der Waals surface area contributed by atoms with E-state index >= 15 is 0 Å². The van der Waals surface area contributed by atoms with Crippen molar-refractivity contribution in [2.45, 2.75) is 84.5 Å². The Balaban J connectivity index is 2.30. The van der Waals surface area contributed by atoms with Crippen LogP contribution in [0.2, 0.25) is 0 Å². The molecule has 0 atom stereocenters. The first-order valence-electron chi connectivity index (χ1n) is 11.9. The maximum absolute atomic E-state index is 13.7. The molecule has 4 heteroatoms. The molecule has 1 aliphatic carbocycles. The molecule has 2 aromatic rings. The quantitative estimate of drug-likeness (QED) is 0.482. The van der Waals surface area contributed by atoms with E-state index in [1.54, 1.807) is 14.2 Å². The Hall–Kier alpha value is -2.62. The second kappa shape index (κ2) is 9.32. The predicted octanol–water partition coefficient (Wildman–Crippen LogP) is 6.63. The maximum atomic E-state index is 13.7. The minimum Gasteiger partial charge on any atom is -0.496 e. The largest absolute Gasteiger partial charge is 0.496 e. The van der Waals surface area contributed by atoms with Gasteiger partial charge in [-0.15, -0.1) is 0 Å². The molecule has 178 valence electrons. The first-order chi connectivity index (χ1) is 15.4. The van der Waals surface area contributed by atoms with Crippen molar-refractivity contribution in [1.29, 1.82) is 0 Å². The van der Waals surface area contributed by atoms with Gasteiger partial charge in [-0.25, -0.2) is 0 Å². The molecule has 0 amide bonds. The fourth-order valence-corrected chi connectivity index (χ4v) is 4.49. The fraction of sp³-hybridized carbons (Fsp3) is 0.517. The van der Waals surface area contributed by atoms with Gasteiger partial charge < -0.3 is 9.47 Å². The fourth-order valence-electron chi connectivity index (χ4n) is 4.49. The number of aryl methyl sites for hydroxylation is 2. The van der Waals surface area contributed by atoms with Gasteiger partial charge in [-0.1, -0.05) is 60.1 Å². The Morgan fingerprint density at radius 2 is 0.970 bits per heavy atom. The summed E-state index contributed by atoms with van der Waals surface area (Å²) in [4.78, 5) is 27.4. The summed E-state index contributed by atoms with van der Waals surface area (Å²) in [6.45, 7) is 12.7. The van der Waals surface area contributed by atoms with Gasteiger partial charge in [0, 0.05) is 0 Å². The summed E-state index contributed by atoms with van der Waals surface area (Å²) < 4.78 is 11.5. The second-order valence-electron chi connectivity index (χ2n) is 11.2. The third kappa shape index (κ3) is 5.15. The normalized spacial score (nSPS) is 15.4. The third-order valence-electron chi connectivity index (χ3n) is 6.56. The maximum Gasteiger partial charge on any atom is 0.237 e. The zero-order valence-electron chi connectivity index (χ0n) is 21.5. The first-order valence-corrected chi connectivity index (χ1v) is 11.9. The molecule has 0 aromatic heterocycles. The molecule has 33 heavy (non-hydrogen) atoms. The van der Waals surface area contributed by atoms with Gasteiger partial charge in [0.15, 0.2) is 0 Å². The van der Waals surface area contributed by atoms with Crippen molar-refractivity contribution in [3.8, 4) is 11.5 Å². The van der Waals surface area contributed by atoms with Gasteiger partial charge in [0.25, 0.3) is 0 Å². The summed E-state index contributed by atoms with van der Waals surface area (Å²) in [6, 6.07) is 7.95. The van der Waals surface area contributed by atoms with Crippen LogP contribution in [0.4, 0.5) is 0 Å². The number of methoxy groups -OCH3 is 2.